The maximum absolute atomic E-state index is 12.7. The predicted molar refractivity (Wildman–Crippen MR) is 96.6 cm³/mol. The second-order valence-corrected chi connectivity index (χ2v) is 8.54. The molecule has 0 aromatic heterocycles. The van der Waals surface area contributed by atoms with Crippen molar-refractivity contribution >= 4 is 39.1 Å². The molecule has 8 heteroatoms. The van der Waals surface area contributed by atoms with Crippen LogP contribution in [0, 0.1) is 5.92 Å². The lowest BCUT2D eigenvalue weighted by atomic mass is 9.99. The highest BCUT2D eigenvalue weighted by atomic mass is 35.5. The van der Waals surface area contributed by atoms with Crippen LogP contribution in [0.25, 0.3) is 0 Å². The molecule has 0 bridgehead atoms. The Morgan fingerprint density at radius 2 is 2.17 bits per heavy atom. The number of piperidine rings is 1. The fourth-order valence-corrected chi connectivity index (χ4v) is 4.85. The van der Waals surface area contributed by atoms with Gasteiger partial charge in [-0.15, -0.1) is 6.58 Å². The molecule has 0 radical (unpaired) electrons. The Balaban J connectivity index is 2.08. The summed E-state index contributed by atoms with van der Waals surface area (Å²) < 4.78 is 26.7. The van der Waals surface area contributed by atoms with Crippen LogP contribution in [-0.4, -0.2) is 38.3 Å². The smallest absolute Gasteiger partial charge is 0.224 e. The molecule has 1 N–H and O–H groups in total. The molecule has 1 fully saturated rings. The molecule has 1 aromatic rings. The monoisotopic (exact) mass is 390 g/mol. The van der Waals surface area contributed by atoms with E-state index in [4.69, 9.17) is 23.2 Å². The number of hydrogen-bond acceptors (Lipinski definition) is 3. The topological polar surface area (TPSA) is 66.5 Å². The zero-order valence-corrected chi connectivity index (χ0v) is 15.5. The second kappa shape index (κ2) is 8.34. The van der Waals surface area contributed by atoms with E-state index in [1.807, 2.05) is 0 Å². The van der Waals surface area contributed by atoms with E-state index in [2.05, 4.69) is 11.9 Å². The Hall–Kier alpha value is -1.08. The third-order valence-corrected chi connectivity index (χ3v) is 6.30. The first-order valence-electron chi connectivity index (χ1n) is 7.64. The lowest BCUT2D eigenvalue weighted by molar-refractivity contribution is -0.125. The summed E-state index contributed by atoms with van der Waals surface area (Å²) in [6.07, 6.45) is 2.92. The van der Waals surface area contributed by atoms with Gasteiger partial charge in [0.05, 0.1) is 11.7 Å². The average Bonchev–Trinajstić information content (AvgIpc) is 2.55. The molecular formula is C16H20Cl2N2O3S. The summed E-state index contributed by atoms with van der Waals surface area (Å²) in [5.41, 5.74) is 0.499. The number of sulfonamides is 1. The summed E-state index contributed by atoms with van der Waals surface area (Å²) >= 11 is 11.9. The zero-order chi connectivity index (χ0) is 17.7. The van der Waals surface area contributed by atoms with Crippen molar-refractivity contribution in [3.8, 4) is 0 Å². The lowest BCUT2D eigenvalue weighted by Gasteiger charge is -2.31. The van der Waals surface area contributed by atoms with Gasteiger partial charge in [-0.1, -0.05) is 35.3 Å². The van der Waals surface area contributed by atoms with Crippen LogP contribution in [0.1, 0.15) is 18.4 Å². The van der Waals surface area contributed by atoms with Gasteiger partial charge in [0, 0.05) is 29.7 Å². The quantitative estimate of drug-likeness (QED) is 0.759. The number of amides is 1. The third kappa shape index (κ3) is 4.96. The van der Waals surface area contributed by atoms with Crippen molar-refractivity contribution in [2.45, 2.75) is 18.6 Å². The molecule has 1 amide bonds. The van der Waals surface area contributed by atoms with E-state index < -0.39 is 10.0 Å². The Morgan fingerprint density at radius 1 is 1.42 bits per heavy atom. The minimum Gasteiger partial charge on any atom is -0.352 e. The normalized spacial score (nSPS) is 19.0. The Bertz CT molecular complexity index is 722. The molecule has 1 aliphatic rings. The Kier molecular flexibility index (Phi) is 6.69. The highest BCUT2D eigenvalue weighted by Gasteiger charge is 2.32. The zero-order valence-electron chi connectivity index (χ0n) is 13.2. The number of nitrogens with one attached hydrogen (secondary N) is 1. The largest absolute Gasteiger partial charge is 0.352 e. The van der Waals surface area contributed by atoms with Gasteiger partial charge in [-0.25, -0.2) is 12.7 Å². The molecule has 132 valence electrons. The summed E-state index contributed by atoms with van der Waals surface area (Å²) in [4.78, 5) is 12.1. The van der Waals surface area contributed by atoms with E-state index in [0.29, 0.717) is 41.5 Å². The van der Waals surface area contributed by atoms with Crippen LogP contribution in [0.3, 0.4) is 0 Å². The van der Waals surface area contributed by atoms with Crippen LogP contribution in [0.2, 0.25) is 10.0 Å². The van der Waals surface area contributed by atoms with Crippen LogP contribution in [0.15, 0.2) is 30.9 Å². The summed E-state index contributed by atoms with van der Waals surface area (Å²) in [7, 11) is -3.55. The maximum atomic E-state index is 12.7. The molecule has 0 saturated carbocycles. The van der Waals surface area contributed by atoms with Gasteiger partial charge in [-0.05, 0) is 30.5 Å². The SMILES string of the molecule is C=CCNC(=O)C1CCCN(S(=O)(=O)Cc2ccc(Cl)cc2Cl)C1. The standard InChI is InChI=1S/C16H20Cl2N2O3S/c1-2-7-19-16(21)12-4-3-8-20(10-12)24(22,23)11-13-5-6-14(17)9-15(13)18/h2,5-6,9,12H,1,3-4,7-8,10-11H2,(H,19,21). The number of rotatable bonds is 6. The average molecular weight is 391 g/mol. The molecule has 0 spiro atoms. The Labute approximate surface area is 152 Å². The van der Waals surface area contributed by atoms with Crippen molar-refractivity contribution < 1.29 is 13.2 Å². The van der Waals surface area contributed by atoms with Crippen molar-refractivity contribution in [2.24, 2.45) is 5.92 Å². The van der Waals surface area contributed by atoms with Crippen LogP contribution in [0.5, 0.6) is 0 Å². The van der Waals surface area contributed by atoms with Gasteiger partial charge in [-0.3, -0.25) is 4.79 Å². The van der Waals surface area contributed by atoms with Crippen molar-refractivity contribution in [1.82, 2.24) is 9.62 Å². The van der Waals surface area contributed by atoms with E-state index in [-0.39, 0.29) is 24.1 Å². The Morgan fingerprint density at radius 3 is 2.83 bits per heavy atom. The molecule has 1 heterocycles. The predicted octanol–water partition coefficient (Wildman–Crippen LogP) is 2.84. The molecule has 0 aliphatic carbocycles. The first kappa shape index (κ1) is 19.2. The molecule has 5 nitrogen and oxygen atoms in total. The van der Waals surface area contributed by atoms with Gasteiger partial charge < -0.3 is 5.32 Å². The molecule has 1 atom stereocenters. The minimum atomic E-state index is -3.55. The summed E-state index contributed by atoms with van der Waals surface area (Å²) in [6, 6.07) is 4.75. The summed E-state index contributed by atoms with van der Waals surface area (Å²) in [5.74, 6) is -0.683. The van der Waals surface area contributed by atoms with Crippen LogP contribution >= 0.6 is 23.2 Å². The van der Waals surface area contributed by atoms with Gasteiger partial charge >= 0.3 is 0 Å². The van der Waals surface area contributed by atoms with Crippen LogP contribution in [-0.2, 0) is 20.6 Å². The van der Waals surface area contributed by atoms with Crippen LogP contribution in [0.4, 0.5) is 0 Å². The van der Waals surface area contributed by atoms with Gasteiger partial charge in [0.25, 0.3) is 0 Å². The molecule has 2 rings (SSSR count). The lowest BCUT2D eigenvalue weighted by Crippen LogP contribution is -2.45. The number of benzene rings is 1. The van der Waals surface area contributed by atoms with Crippen molar-refractivity contribution in [3.05, 3.63) is 46.5 Å². The first-order valence-corrected chi connectivity index (χ1v) is 10.0. The molecule has 1 unspecified atom stereocenters. The van der Waals surface area contributed by atoms with E-state index in [0.717, 1.165) is 0 Å². The number of carbonyl (C=O) groups excluding carboxylic acids is 1. The summed E-state index contributed by atoms with van der Waals surface area (Å²) in [5, 5.41) is 3.50. The molecular weight excluding hydrogens is 371 g/mol. The molecule has 1 saturated heterocycles. The van der Waals surface area contributed by atoms with E-state index in [9.17, 15) is 13.2 Å². The number of nitrogens with zero attached hydrogens (tertiary/aromatic N) is 1. The van der Waals surface area contributed by atoms with Crippen LogP contribution < -0.4 is 5.32 Å². The van der Waals surface area contributed by atoms with E-state index in [1.54, 1.807) is 18.2 Å². The number of halogens is 2. The second-order valence-electron chi connectivity index (χ2n) is 5.72. The van der Waals surface area contributed by atoms with Gasteiger partial charge in [0.2, 0.25) is 15.9 Å². The van der Waals surface area contributed by atoms with Crippen molar-refractivity contribution in [3.63, 3.8) is 0 Å². The first-order chi connectivity index (χ1) is 11.3. The molecule has 24 heavy (non-hydrogen) atoms. The van der Waals surface area contributed by atoms with Crippen molar-refractivity contribution in [2.75, 3.05) is 19.6 Å². The van der Waals surface area contributed by atoms with E-state index in [1.165, 1.54) is 10.4 Å². The third-order valence-electron chi connectivity index (χ3n) is 3.92. The molecule has 1 aromatic carbocycles. The fraction of sp³-hybridized carbons (Fsp3) is 0.438. The fourth-order valence-electron chi connectivity index (χ4n) is 2.65. The van der Waals surface area contributed by atoms with Gasteiger partial charge in [0.1, 0.15) is 0 Å². The number of carbonyl (C=O) groups is 1. The summed E-state index contributed by atoms with van der Waals surface area (Å²) in [6.45, 7) is 4.53. The van der Waals surface area contributed by atoms with Crippen molar-refractivity contribution in [1.29, 1.82) is 0 Å². The maximum Gasteiger partial charge on any atom is 0.224 e. The van der Waals surface area contributed by atoms with E-state index >= 15 is 0 Å². The molecule has 1 aliphatic heterocycles. The number of hydrogen-bond donors (Lipinski definition) is 1. The highest BCUT2D eigenvalue weighted by molar-refractivity contribution is 7.88. The van der Waals surface area contributed by atoms with Gasteiger partial charge in [-0.2, -0.15) is 0 Å². The minimum absolute atomic E-state index is 0.140. The van der Waals surface area contributed by atoms with Gasteiger partial charge in [0.15, 0.2) is 0 Å². The highest BCUT2D eigenvalue weighted by Crippen LogP contribution is 2.26.